The number of ketones is 1. The molecule has 24 heavy (non-hydrogen) atoms. The van der Waals surface area contributed by atoms with E-state index in [2.05, 4.69) is 31.3 Å². The fraction of sp³-hybridized carbons (Fsp3) is 0.333. The number of anilines is 1. The highest BCUT2D eigenvalue weighted by Crippen LogP contribution is 2.20. The van der Waals surface area contributed by atoms with Gasteiger partial charge in [0.25, 0.3) is 0 Å². The molecule has 0 fully saturated rings. The second-order valence-corrected chi connectivity index (χ2v) is 6.68. The highest BCUT2D eigenvalue weighted by atomic mass is 16.1. The van der Waals surface area contributed by atoms with Crippen LogP contribution in [0.5, 0.6) is 0 Å². The van der Waals surface area contributed by atoms with E-state index in [4.69, 9.17) is 0 Å². The Kier molecular flexibility index (Phi) is 5.91. The molecule has 1 atom stereocenters. The van der Waals surface area contributed by atoms with E-state index in [1.807, 2.05) is 19.1 Å². The van der Waals surface area contributed by atoms with Gasteiger partial charge in [0.15, 0.2) is 5.78 Å². The van der Waals surface area contributed by atoms with Crippen molar-refractivity contribution in [3.63, 3.8) is 0 Å². The van der Waals surface area contributed by atoms with Gasteiger partial charge in [0, 0.05) is 11.3 Å². The number of carbonyl (C=O) groups is 2. The van der Waals surface area contributed by atoms with Gasteiger partial charge in [0.2, 0.25) is 5.91 Å². The summed E-state index contributed by atoms with van der Waals surface area (Å²) in [4.78, 5) is 23.7. The number of hydrogen-bond acceptors (Lipinski definition) is 2. The third-order valence-corrected chi connectivity index (χ3v) is 4.08. The van der Waals surface area contributed by atoms with Crippen LogP contribution in [0.15, 0.2) is 48.5 Å². The van der Waals surface area contributed by atoms with Gasteiger partial charge in [-0.05, 0) is 61.6 Å². The van der Waals surface area contributed by atoms with Crippen molar-refractivity contribution >= 4 is 17.4 Å². The summed E-state index contributed by atoms with van der Waals surface area (Å²) >= 11 is 0. The van der Waals surface area contributed by atoms with Gasteiger partial charge in [0.05, 0.1) is 5.92 Å². The normalized spacial score (nSPS) is 12.0. The molecule has 0 aliphatic rings. The van der Waals surface area contributed by atoms with Crippen LogP contribution in [0, 0.1) is 5.92 Å². The Balaban J connectivity index is 2.02. The molecule has 0 bridgehead atoms. The van der Waals surface area contributed by atoms with Crippen molar-refractivity contribution < 1.29 is 9.59 Å². The van der Waals surface area contributed by atoms with Crippen LogP contribution in [-0.4, -0.2) is 11.7 Å². The summed E-state index contributed by atoms with van der Waals surface area (Å²) in [5.41, 5.74) is 3.64. The number of hydrogen-bond donors (Lipinski definition) is 1. The lowest BCUT2D eigenvalue weighted by atomic mass is 9.96. The molecule has 0 saturated heterocycles. The summed E-state index contributed by atoms with van der Waals surface area (Å²) in [6.07, 6.45) is 1.04. The maximum atomic E-state index is 12.4. The molecule has 2 rings (SSSR count). The molecule has 0 radical (unpaired) electrons. The molecule has 0 unspecified atom stereocenters. The van der Waals surface area contributed by atoms with Crippen LogP contribution in [0.3, 0.4) is 0 Å². The third kappa shape index (κ3) is 4.79. The number of carbonyl (C=O) groups excluding carboxylic acids is 2. The van der Waals surface area contributed by atoms with E-state index < -0.39 is 0 Å². The monoisotopic (exact) mass is 323 g/mol. The topological polar surface area (TPSA) is 46.2 Å². The Bertz CT molecular complexity index is 700. The predicted molar refractivity (Wildman–Crippen MR) is 98.5 cm³/mol. The van der Waals surface area contributed by atoms with Gasteiger partial charge in [0.1, 0.15) is 0 Å². The Hall–Kier alpha value is -2.42. The van der Waals surface area contributed by atoms with E-state index in [0.717, 1.165) is 12.0 Å². The van der Waals surface area contributed by atoms with Gasteiger partial charge < -0.3 is 5.32 Å². The van der Waals surface area contributed by atoms with Gasteiger partial charge in [-0.15, -0.1) is 0 Å². The van der Waals surface area contributed by atoms with Gasteiger partial charge in [-0.3, -0.25) is 9.59 Å². The molecule has 0 saturated carbocycles. The van der Waals surface area contributed by atoms with E-state index in [1.165, 1.54) is 12.5 Å². The summed E-state index contributed by atoms with van der Waals surface area (Å²) in [7, 11) is 0. The standard InChI is InChI=1S/C21H25NO2/c1-14(2)13-17-5-7-18(8-6-17)15(3)21(24)22-20-11-9-19(10-12-20)16(4)23/h5-12,14-15H,13H2,1-4H3,(H,22,24)/t15-/m1/s1. The number of amides is 1. The molecule has 0 aliphatic carbocycles. The molecule has 2 aromatic rings. The van der Waals surface area contributed by atoms with Crippen LogP contribution >= 0.6 is 0 Å². The minimum Gasteiger partial charge on any atom is -0.326 e. The average molecular weight is 323 g/mol. The summed E-state index contributed by atoms with van der Waals surface area (Å²) < 4.78 is 0. The molecular formula is C21H25NO2. The van der Waals surface area contributed by atoms with Crippen molar-refractivity contribution in [2.24, 2.45) is 5.92 Å². The van der Waals surface area contributed by atoms with E-state index in [9.17, 15) is 9.59 Å². The van der Waals surface area contributed by atoms with E-state index in [-0.39, 0.29) is 17.6 Å². The number of benzene rings is 2. The second-order valence-electron chi connectivity index (χ2n) is 6.68. The maximum absolute atomic E-state index is 12.4. The molecule has 0 aliphatic heterocycles. The number of Topliss-reactive ketones (excluding diaryl/α,β-unsaturated/α-hetero) is 1. The number of nitrogens with one attached hydrogen (secondary N) is 1. The lowest BCUT2D eigenvalue weighted by molar-refractivity contribution is -0.117. The van der Waals surface area contributed by atoms with Gasteiger partial charge in [-0.25, -0.2) is 0 Å². The molecular weight excluding hydrogens is 298 g/mol. The zero-order valence-electron chi connectivity index (χ0n) is 14.8. The molecule has 3 heteroatoms. The fourth-order valence-corrected chi connectivity index (χ4v) is 2.60. The first-order chi connectivity index (χ1) is 11.4. The van der Waals surface area contributed by atoms with Crippen LogP contribution in [0.1, 0.15) is 55.1 Å². The van der Waals surface area contributed by atoms with E-state index in [0.29, 0.717) is 17.2 Å². The first-order valence-corrected chi connectivity index (χ1v) is 8.37. The SMILES string of the molecule is CC(=O)c1ccc(NC(=O)[C@H](C)c2ccc(CC(C)C)cc2)cc1. The lowest BCUT2D eigenvalue weighted by Gasteiger charge is -2.14. The Labute approximate surface area is 144 Å². The minimum atomic E-state index is -0.231. The van der Waals surface area contributed by atoms with Crippen molar-refractivity contribution in [2.45, 2.75) is 40.0 Å². The summed E-state index contributed by atoms with van der Waals surface area (Å²) in [6.45, 7) is 7.82. The summed E-state index contributed by atoms with van der Waals surface area (Å²) in [5.74, 6) is 0.352. The maximum Gasteiger partial charge on any atom is 0.231 e. The molecule has 0 aromatic heterocycles. The predicted octanol–water partition coefficient (Wildman–Crippen LogP) is 4.83. The quantitative estimate of drug-likeness (QED) is 0.774. The first kappa shape index (κ1) is 17.9. The van der Waals surface area contributed by atoms with Crippen LogP contribution in [0.4, 0.5) is 5.69 Å². The Morgan fingerprint density at radius 2 is 1.50 bits per heavy atom. The van der Waals surface area contributed by atoms with Crippen LogP contribution in [-0.2, 0) is 11.2 Å². The van der Waals surface area contributed by atoms with Crippen LogP contribution in [0.25, 0.3) is 0 Å². The molecule has 1 N–H and O–H groups in total. The fourth-order valence-electron chi connectivity index (χ4n) is 2.60. The summed E-state index contributed by atoms with van der Waals surface area (Å²) in [5, 5.41) is 2.90. The minimum absolute atomic E-state index is 0.0164. The Morgan fingerprint density at radius 1 is 0.917 bits per heavy atom. The molecule has 3 nitrogen and oxygen atoms in total. The largest absolute Gasteiger partial charge is 0.326 e. The average Bonchev–Trinajstić information content (AvgIpc) is 2.54. The molecule has 1 amide bonds. The Morgan fingerprint density at radius 3 is 2.00 bits per heavy atom. The zero-order valence-corrected chi connectivity index (χ0v) is 14.8. The summed E-state index contributed by atoms with van der Waals surface area (Å²) in [6, 6.07) is 15.2. The van der Waals surface area contributed by atoms with Crippen molar-refractivity contribution in [1.29, 1.82) is 0 Å². The second kappa shape index (κ2) is 7.91. The lowest BCUT2D eigenvalue weighted by Crippen LogP contribution is -2.18. The zero-order chi connectivity index (χ0) is 17.7. The van der Waals surface area contributed by atoms with E-state index in [1.54, 1.807) is 24.3 Å². The van der Waals surface area contributed by atoms with Crippen molar-refractivity contribution in [3.05, 3.63) is 65.2 Å². The molecule has 2 aromatic carbocycles. The molecule has 126 valence electrons. The molecule has 0 heterocycles. The smallest absolute Gasteiger partial charge is 0.231 e. The first-order valence-electron chi connectivity index (χ1n) is 8.37. The van der Waals surface area contributed by atoms with E-state index >= 15 is 0 Å². The van der Waals surface area contributed by atoms with Crippen LogP contribution < -0.4 is 5.32 Å². The van der Waals surface area contributed by atoms with Crippen molar-refractivity contribution in [2.75, 3.05) is 5.32 Å². The highest BCUT2D eigenvalue weighted by Gasteiger charge is 2.15. The van der Waals surface area contributed by atoms with Crippen molar-refractivity contribution in [1.82, 2.24) is 0 Å². The highest BCUT2D eigenvalue weighted by molar-refractivity contribution is 5.97. The van der Waals surface area contributed by atoms with Crippen LogP contribution in [0.2, 0.25) is 0 Å². The van der Waals surface area contributed by atoms with Gasteiger partial charge >= 0.3 is 0 Å². The van der Waals surface area contributed by atoms with Crippen molar-refractivity contribution in [3.8, 4) is 0 Å². The third-order valence-electron chi connectivity index (χ3n) is 4.08. The molecule has 0 spiro atoms. The number of rotatable bonds is 6. The van der Waals surface area contributed by atoms with Gasteiger partial charge in [-0.2, -0.15) is 0 Å². The van der Waals surface area contributed by atoms with Gasteiger partial charge in [-0.1, -0.05) is 38.1 Å².